The number of aromatic nitrogens is 3. The Hall–Kier alpha value is -3.55. The van der Waals surface area contributed by atoms with Crippen LogP contribution in [0.1, 0.15) is 27.3 Å². The topological polar surface area (TPSA) is 103 Å². The summed E-state index contributed by atoms with van der Waals surface area (Å²) < 4.78 is 1.71. The van der Waals surface area contributed by atoms with Gasteiger partial charge in [0.25, 0.3) is 11.6 Å². The fourth-order valence-corrected chi connectivity index (χ4v) is 2.60. The highest BCUT2D eigenvalue weighted by Gasteiger charge is 2.15. The van der Waals surface area contributed by atoms with Gasteiger partial charge >= 0.3 is 0 Å². The Bertz CT molecular complexity index is 993. The molecule has 0 aliphatic heterocycles. The van der Waals surface area contributed by atoms with Crippen molar-refractivity contribution in [3.63, 3.8) is 0 Å². The van der Waals surface area contributed by atoms with Crippen molar-refractivity contribution < 1.29 is 9.72 Å². The van der Waals surface area contributed by atoms with Gasteiger partial charge in [-0.1, -0.05) is 6.07 Å². The maximum atomic E-state index is 12.3. The Labute approximate surface area is 149 Å². The quantitative estimate of drug-likeness (QED) is 0.573. The van der Waals surface area contributed by atoms with Crippen LogP contribution in [0.5, 0.6) is 0 Å². The molecule has 1 aromatic carbocycles. The first-order chi connectivity index (χ1) is 12.3. The first kappa shape index (κ1) is 17.3. The van der Waals surface area contributed by atoms with Gasteiger partial charge in [-0.05, 0) is 45.0 Å². The van der Waals surface area contributed by atoms with Crippen LogP contribution >= 0.6 is 0 Å². The summed E-state index contributed by atoms with van der Waals surface area (Å²) in [5.74, 6) is 0.202. The van der Waals surface area contributed by atoms with Crippen molar-refractivity contribution in [2.24, 2.45) is 0 Å². The normalized spacial score (nSPS) is 10.6. The van der Waals surface area contributed by atoms with Crippen LogP contribution < -0.4 is 5.32 Å². The van der Waals surface area contributed by atoms with E-state index in [1.165, 1.54) is 12.3 Å². The van der Waals surface area contributed by atoms with E-state index in [2.05, 4.69) is 15.4 Å². The minimum atomic E-state index is -0.503. The highest BCUT2D eigenvalue weighted by molar-refractivity contribution is 6.04. The third-order valence-electron chi connectivity index (χ3n) is 3.90. The largest absolute Gasteiger partial charge is 0.321 e. The van der Waals surface area contributed by atoms with Crippen molar-refractivity contribution in [2.45, 2.75) is 20.8 Å². The molecule has 3 rings (SSSR count). The average molecular weight is 351 g/mol. The summed E-state index contributed by atoms with van der Waals surface area (Å²) in [7, 11) is 0. The van der Waals surface area contributed by atoms with E-state index >= 15 is 0 Å². The average Bonchev–Trinajstić information content (AvgIpc) is 2.94. The first-order valence-corrected chi connectivity index (χ1v) is 7.91. The van der Waals surface area contributed by atoms with Crippen LogP contribution in [0, 0.1) is 30.9 Å². The second-order valence-electron chi connectivity index (χ2n) is 5.96. The van der Waals surface area contributed by atoms with Crippen LogP contribution in [-0.2, 0) is 0 Å². The number of hydrogen-bond donors (Lipinski definition) is 1. The molecule has 0 radical (unpaired) electrons. The third-order valence-corrected chi connectivity index (χ3v) is 3.90. The number of rotatable bonds is 4. The molecule has 0 atom stereocenters. The van der Waals surface area contributed by atoms with Crippen molar-refractivity contribution in [3.05, 3.63) is 75.2 Å². The zero-order valence-corrected chi connectivity index (χ0v) is 14.6. The molecule has 26 heavy (non-hydrogen) atoms. The molecule has 0 aliphatic carbocycles. The molecular formula is C18H17N5O3. The lowest BCUT2D eigenvalue weighted by Crippen LogP contribution is -2.13. The van der Waals surface area contributed by atoms with Gasteiger partial charge in [-0.2, -0.15) is 5.10 Å². The van der Waals surface area contributed by atoms with Crippen molar-refractivity contribution >= 4 is 17.3 Å². The summed E-state index contributed by atoms with van der Waals surface area (Å²) in [6, 6.07) is 9.77. The summed E-state index contributed by atoms with van der Waals surface area (Å²) in [5, 5.41) is 18.1. The molecule has 132 valence electrons. The van der Waals surface area contributed by atoms with E-state index in [1.54, 1.807) is 35.9 Å². The third kappa shape index (κ3) is 3.44. The summed E-state index contributed by atoms with van der Waals surface area (Å²) >= 11 is 0. The fourth-order valence-electron chi connectivity index (χ4n) is 2.60. The molecule has 2 aromatic heterocycles. The zero-order chi connectivity index (χ0) is 18.8. The molecule has 0 unspecified atom stereocenters. The summed E-state index contributed by atoms with van der Waals surface area (Å²) in [6.45, 7) is 5.46. The number of nitrogens with zero attached hydrogens (tertiary/aromatic N) is 4. The van der Waals surface area contributed by atoms with Crippen molar-refractivity contribution in [1.29, 1.82) is 0 Å². The van der Waals surface area contributed by atoms with Crippen LogP contribution in [0.4, 0.5) is 11.4 Å². The number of anilines is 1. The smallest absolute Gasteiger partial charge is 0.273 e. The fraction of sp³-hybridized carbons (Fsp3) is 0.167. The van der Waals surface area contributed by atoms with Gasteiger partial charge in [-0.15, -0.1) is 0 Å². The predicted molar refractivity (Wildman–Crippen MR) is 96.6 cm³/mol. The summed E-state index contributed by atoms with van der Waals surface area (Å²) in [5.41, 5.74) is 2.97. The van der Waals surface area contributed by atoms with E-state index in [0.29, 0.717) is 17.1 Å². The lowest BCUT2D eigenvalue weighted by atomic mass is 10.1. The molecule has 8 nitrogen and oxygen atoms in total. The van der Waals surface area contributed by atoms with Gasteiger partial charge in [0.2, 0.25) is 0 Å². The molecule has 3 aromatic rings. The van der Waals surface area contributed by atoms with E-state index in [4.69, 9.17) is 0 Å². The number of aryl methyl sites for hydroxylation is 3. The van der Waals surface area contributed by atoms with Gasteiger partial charge in [0.05, 0.1) is 22.5 Å². The molecule has 8 heteroatoms. The lowest BCUT2D eigenvalue weighted by molar-refractivity contribution is -0.385. The van der Waals surface area contributed by atoms with Crippen molar-refractivity contribution in [2.75, 3.05) is 5.32 Å². The van der Waals surface area contributed by atoms with E-state index in [1.807, 2.05) is 19.9 Å². The van der Waals surface area contributed by atoms with Gasteiger partial charge < -0.3 is 5.32 Å². The second kappa shape index (κ2) is 6.75. The van der Waals surface area contributed by atoms with E-state index in [0.717, 1.165) is 11.4 Å². The number of nitrogens with one attached hydrogen (secondary N) is 1. The molecule has 0 spiro atoms. The number of carbonyl (C=O) groups is 1. The summed E-state index contributed by atoms with van der Waals surface area (Å²) in [6.07, 6.45) is 1.52. The van der Waals surface area contributed by atoms with Gasteiger partial charge in [-0.3, -0.25) is 14.9 Å². The number of benzene rings is 1. The Kier molecular flexibility index (Phi) is 4.49. The minimum Gasteiger partial charge on any atom is -0.321 e. The van der Waals surface area contributed by atoms with Crippen molar-refractivity contribution in [1.82, 2.24) is 14.8 Å². The molecule has 0 fully saturated rings. The zero-order valence-electron chi connectivity index (χ0n) is 14.6. The predicted octanol–water partition coefficient (Wildman–Crippen LogP) is 3.35. The molecule has 2 heterocycles. The molecular weight excluding hydrogens is 334 g/mol. The maximum Gasteiger partial charge on any atom is 0.273 e. The van der Waals surface area contributed by atoms with Crippen LogP contribution in [0.3, 0.4) is 0 Å². The van der Waals surface area contributed by atoms with Gasteiger partial charge in [-0.25, -0.2) is 9.67 Å². The van der Waals surface area contributed by atoms with Crippen molar-refractivity contribution in [3.8, 4) is 5.82 Å². The molecule has 0 bridgehead atoms. The first-order valence-electron chi connectivity index (χ1n) is 7.91. The number of amides is 1. The molecule has 0 saturated carbocycles. The Morgan fingerprint density at radius 1 is 1.15 bits per heavy atom. The van der Waals surface area contributed by atoms with Crippen LogP contribution in [0.15, 0.2) is 42.6 Å². The number of nitro benzene ring substituents is 1. The summed E-state index contributed by atoms with van der Waals surface area (Å²) in [4.78, 5) is 27.1. The lowest BCUT2D eigenvalue weighted by Gasteiger charge is -2.07. The monoisotopic (exact) mass is 351 g/mol. The van der Waals surface area contributed by atoms with Gasteiger partial charge in [0, 0.05) is 22.9 Å². The SMILES string of the molecule is Cc1cc(C)n(-c2ccc(NC(=O)c3ccc(C)c([N+](=O)[O-])c3)cn2)n1. The number of pyridine rings is 1. The maximum absolute atomic E-state index is 12.3. The van der Waals surface area contributed by atoms with Crippen LogP contribution in [0.2, 0.25) is 0 Å². The molecule has 0 saturated heterocycles. The van der Waals surface area contributed by atoms with E-state index < -0.39 is 10.8 Å². The van der Waals surface area contributed by atoms with Crippen LogP contribution in [-0.4, -0.2) is 25.6 Å². The minimum absolute atomic E-state index is 0.0874. The Morgan fingerprint density at radius 3 is 2.50 bits per heavy atom. The van der Waals surface area contributed by atoms with Gasteiger partial charge in [0.15, 0.2) is 5.82 Å². The Balaban J connectivity index is 1.79. The number of nitro groups is 1. The van der Waals surface area contributed by atoms with Crippen LogP contribution in [0.25, 0.3) is 5.82 Å². The van der Waals surface area contributed by atoms with Gasteiger partial charge in [0.1, 0.15) is 0 Å². The Morgan fingerprint density at radius 2 is 1.92 bits per heavy atom. The number of carbonyl (C=O) groups excluding carboxylic acids is 1. The molecule has 1 amide bonds. The highest BCUT2D eigenvalue weighted by Crippen LogP contribution is 2.20. The highest BCUT2D eigenvalue weighted by atomic mass is 16.6. The molecule has 0 aliphatic rings. The van der Waals surface area contributed by atoms with E-state index in [-0.39, 0.29) is 11.3 Å². The second-order valence-corrected chi connectivity index (χ2v) is 5.96. The number of hydrogen-bond acceptors (Lipinski definition) is 5. The van der Waals surface area contributed by atoms with E-state index in [9.17, 15) is 14.9 Å². The molecule has 1 N–H and O–H groups in total. The standard InChI is InChI=1S/C18H17N5O3/c1-11-4-5-14(9-16(11)23(25)26)18(24)20-15-6-7-17(19-10-15)22-13(3)8-12(2)21-22/h4-10H,1-3H3,(H,20,24).